The number of aryl methyl sites for hydroxylation is 2. The Balaban J connectivity index is 1.29. The summed E-state index contributed by atoms with van der Waals surface area (Å²) in [5.74, 6) is -0.315. The van der Waals surface area contributed by atoms with E-state index in [4.69, 9.17) is 13.9 Å². The summed E-state index contributed by atoms with van der Waals surface area (Å²) in [4.78, 5) is 16.1. The summed E-state index contributed by atoms with van der Waals surface area (Å²) in [6, 6.07) is 13.6. The highest BCUT2D eigenvalue weighted by Gasteiger charge is 2.24. The number of hydrogen-bond donors (Lipinski definition) is 1. The molecular formula is C26H29NO5. The zero-order chi connectivity index (χ0) is 22.5. The normalized spacial score (nSPS) is 18.6. The minimum atomic E-state index is -0.913. The summed E-state index contributed by atoms with van der Waals surface area (Å²) in [5, 5.41) is 9.50. The Morgan fingerprint density at radius 3 is 2.50 bits per heavy atom. The van der Waals surface area contributed by atoms with Gasteiger partial charge >= 0.3 is 5.97 Å². The lowest BCUT2D eigenvalue weighted by Crippen LogP contribution is -2.28. The first-order valence-electron chi connectivity index (χ1n) is 11.1. The van der Waals surface area contributed by atoms with Gasteiger partial charge in [0.2, 0.25) is 5.89 Å². The highest BCUT2D eigenvalue weighted by atomic mass is 16.5. The van der Waals surface area contributed by atoms with E-state index in [2.05, 4.69) is 4.98 Å². The molecule has 1 heterocycles. The molecule has 6 nitrogen and oxygen atoms in total. The van der Waals surface area contributed by atoms with Crippen LogP contribution in [-0.2, 0) is 22.7 Å². The SMILES string of the molecule is Cc1ccc(-c2nc(COC3CCCC(OCc4cccc(C)c4C(=O)O)C3)co2)cc1. The topological polar surface area (TPSA) is 81.8 Å². The second-order valence-electron chi connectivity index (χ2n) is 8.46. The van der Waals surface area contributed by atoms with Gasteiger partial charge in [-0.3, -0.25) is 0 Å². The average molecular weight is 436 g/mol. The minimum absolute atomic E-state index is 0.0522. The van der Waals surface area contributed by atoms with Crippen LogP contribution in [0.25, 0.3) is 11.5 Å². The van der Waals surface area contributed by atoms with E-state index in [1.54, 1.807) is 6.26 Å². The predicted octanol–water partition coefficient (Wildman–Crippen LogP) is 5.70. The summed E-state index contributed by atoms with van der Waals surface area (Å²) >= 11 is 0. The predicted molar refractivity (Wildman–Crippen MR) is 120 cm³/mol. The molecule has 4 rings (SSSR count). The molecule has 1 aromatic heterocycles. The lowest BCUT2D eigenvalue weighted by molar-refractivity contribution is -0.0563. The number of nitrogens with zero attached hydrogens (tertiary/aromatic N) is 1. The Morgan fingerprint density at radius 2 is 1.78 bits per heavy atom. The van der Waals surface area contributed by atoms with Crippen LogP contribution in [0.4, 0.5) is 0 Å². The van der Waals surface area contributed by atoms with Crippen molar-refractivity contribution in [3.8, 4) is 11.5 Å². The number of hydrogen-bond acceptors (Lipinski definition) is 5. The molecule has 2 unspecified atom stereocenters. The Morgan fingerprint density at radius 1 is 1.06 bits per heavy atom. The van der Waals surface area contributed by atoms with Gasteiger partial charge in [0.25, 0.3) is 0 Å². The van der Waals surface area contributed by atoms with E-state index in [9.17, 15) is 9.90 Å². The van der Waals surface area contributed by atoms with Gasteiger partial charge in [0.1, 0.15) is 12.0 Å². The van der Waals surface area contributed by atoms with Crippen LogP contribution < -0.4 is 0 Å². The Bertz CT molecular complexity index is 1060. The number of aromatic nitrogens is 1. The fourth-order valence-corrected chi connectivity index (χ4v) is 4.17. The summed E-state index contributed by atoms with van der Waals surface area (Å²) in [6.45, 7) is 4.55. The van der Waals surface area contributed by atoms with Crippen molar-refractivity contribution >= 4 is 5.97 Å². The van der Waals surface area contributed by atoms with Crippen LogP contribution in [0.15, 0.2) is 53.1 Å². The standard InChI is InChI=1S/C26H29NO5/c1-17-9-11-19(12-10-17)25-27-21(16-32-25)15-31-23-8-4-7-22(13-23)30-14-20-6-3-5-18(2)24(20)26(28)29/h3,5-6,9-12,16,22-23H,4,7-8,13-15H2,1-2H3,(H,28,29). The number of oxazole rings is 1. The van der Waals surface area contributed by atoms with Crippen molar-refractivity contribution in [3.05, 3.63) is 76.7 Å². The van der Waals surface area contributed by atoms with Gasteiger partial charge in [0, 0.05) is 5.56 Å². The molecule has 2 atom stereocenters. The van der Waals surface area contributed by atoms with Gasteiger partial charge in [-0.2, -0.15) is 0 Å². The smallest absolute Gasteiger partial charge is 0.336 e. The highest BCUT2D eigenvalue weighted by Crippen LogP contribution is 2.27. The van der Waals surface area contributed by atoms with E-state index in [0.717, 1.165) is 42.5 Å². The van der Waals surface area contributed by atoms with Crippen LogP contribution in [0.2, 0.25) is 0 Å². The van der Waals surface area contributed by atoms with Crippen molar-refractivity contribution in [2.45, 2.75) is 65.0 Å². The van der Waals surface area contributed by atoms with Gasteiger partial charge in [0.05, 0.1) is 31.0 Å². The third-order valence-corrected chi connectivity index (χ3v) is 5.94. The van der Waals surface area contributed by atoms with E-state index in [1.165, 1.54) is 5.56 Å². The van der Waals surface area contributed by atoms with Gasteiger partial charge < -0.3 is 19.0 Å². The van der Waals surface area contributed by atoms with Gasteiger partial charge in [-0.1, -0.05) is 35.9 Å². The first-order chi connectivity index (χ1) is 15.5. The third-order valence-electron chi connectivity index (χ3n) is 5.94. The molecule has 2 aromatic carbocycles. The first-order valence-corrected chi connectivity index (χ1v) is 11.1. The lowest BCUT2D eigenvalue weighted by atomic mass is 9.94. The molecule has 6 heteroatoms. The lowest BCUT2D eigenvalue weighted by Gasteiger charge is -2.29. The number of rotatable bonds is 8. The van der Waals surface area contributed by atoms with E-state index in [-0.39, 0.29) is 12.2 Å². The largest absolute Gasteiger partial charge is 0.478 e. The van der Waals surface area contributed by atoms with Crippen molar-refractivity contribution in [1.82, 2.24) is 4.98 Å². The molecule has 1 aliphatic rings. The van der Waals surface area contributed by atoms with Crippen molar-refractivity contribution < 1.29 is 23.8 Å². The third kappa shape index (κ3) is 5.44. The monoisotopic (exact) mass is 435 g/mol. The molecular weight excluding hydrogens is 406 g/mol. The van der Waals surface area contributed by atoms with Crippen LogP contribution in [0.1, 0.15) is 58.4 Å². The molecule has 0 radical (unpaired) electrons. The fraction of sp³-hybridized carbons (Fsp3) is 0.385. The van der Waals surface area contributed by atoms with Crippen molar-refractivity contribution in [2.75, 3.05) is 0 Å². The number of carbonyl (C=O) groups is 1. The van der Waals surface area contributed by atoms with E-state index >= 15 is 0 Å². The minimum Gasteiger partial charge on any atom is -0.478 e. The number of carboxylic acids is 1. The quantitative estimate of drug-likeness (QED) is 0.489. The Hall–Kier alpha value is -2.96. The average Bonchev–Trinajstić information content (AvgIpc) is 3.26. The second-order valence-corrected chi connectivity index (χ2v) is 8.46. The van der Waals surface area contributed by atoms with Crippen LogP contribution in [0, 0.1) is 13.8 Å². The Kier molecular flexibility index (Phi) is 7.02. The van der Waals surface area contributed by atoms with Crippen LogP contribution in [0.5, 0.6) is 0 Å². The van der Waals surface area contributed by atoms with Crippen LogP contribution >= 0.6 is 0 Å². The maximum atomic E-state index is 11.6. The molecule has 0 saturated heterocycles. The van der Waals surface area contributed by atoms with Gasteiger partial charge in [-0.25, -0.2) is 9.78 Å². The molecule has 1 aliphatic carbocycles. The molecule has 0 amide bonds. The molecule has 1 saturated carbocycles. The Labute approximate surface area is 188 Å². The fourth-order valence-electron chi connectivity index (χ4n) is 4.17. The summed E-state index contributed by atoms with van der Waals surface area (Å²) in [5.41, 5.74) is 4.72. The molecule has 168 valence electrons. The number of aromatic carboxylic acids is 1. The van der Waals surface area contributed by atoms with Gasteiger partial charge in [0.15, 0.2) is 0 Å². The molecule has 0 aliphatic heterocycles. The molecule has 0 bridgehead atoms. The molecule has 3 aromatic rings. The van der Waals surface area contributed by atoms with Crippen LogP contribution in [-0.4, -0.2) is 28.3 Å². The zero-order valence-corrected chi connectivity index (χ0v) is 18.5. The zero-order valence-electron chi connectivity index (χ0n) is 18.5. The molecule has 0 spiro atoms. The maximum Gasteiger partial charge on any atom is 0.336 e. The van der Waals surface area contributed by atoms with Gasteiger partial charge in [-0.05, 0) is 62.8 Å². The maximum absolute atomic E-state index is 11.6. The van der Waals surface area contributed by atoms with E-state index in [1.807, 2.05) is 56.3 Å². The summed E-state index contributed by atoms with van der Waals surface area (Å²) < 4.78 is 17.8. The van der Waals surface area contributed by atoms with Crippen molar-refractivity contribution in [1.29, 1.82) is 0 Å². The van der Waals surface area contributed by atoms with Gasteiger partial charge in [-0.15, -0.1) is 0 Å². The second kappa shape index (κ2) is 10.1. The van der Waals surface area contributed by atoms with Crippen molar-refractivity contribution in [3.63, 3.8) is 0 Å². The highest BCUT2D eigenvalue weighted by molar-refractivity contribution is 5.91. The number of carboxylic acid groups (broad SMARTS) is 1. The molecule has 1 N–H and O–H groups in total. The first kappa shape index (κ1) is 22.2. The summed E-state index contributed by atoms with van der Waals surface area (Å²) in [6.07, 6.45) is 5.53. The van der Waals surface area contributed by atoms with Crippen LogP contribution in [0.3, 0.4) is 0 Å². The van der Waals surface area contributed by atoms with Crippen molar-refractivity contribution in [2.24, 2.45) is 0 Å². The summed E-state index contributed by atoms with van der Waals surface area (Å²) in [7, 11) is 0. The van der Waals surface area contributed by atoms with E-state index < -0.39 is 5.97 Å². The number of benzene rings is 2. The molecule has 1 fully saturated rings. The molecule has 32 heavy (non-hydrogen) atoms. The van der Waals surface area contributed by atoms with E-state index in [0.29, 0.717) is 30.2 Å². The number of ether oxygens (including phenoxy) is 2.